The lowest BCUT2D eigenvalue weighted by molar-refractivity contribution is 0.0736. The van der Waals surface area contributed by atoms with Gasteiger partial charge in [0.1, 0.15) is 5.82 Å². The summed E-state index contributed by atoms with van der Waals surface area (Å²) in [4.78, 5) is 14.1. The molecule has 2 unspecified atom stereocenters. The third-order valence-electron chi connectivity index (χ3n) is 4.71. The Morgan fingerprint density at radius 3 is 2.83 bits per heavy atom. The molecule has 2 N–H and O–H groups in total. The predicted molar refractivity (Wildman–Crippen MR) is 88.8 cm³/mol. The molecule has 2 atom stereocenters. The molecule has 5 heteroatoms. The zero-order valence-electron chi connectivity index (χ0n) is 14.2. The average molecular weight is 322 g/mol. The van der Waals surface area contributed by atoms with E-state index in [2.05, 4.69) is 5.32 Å². The molecule has 1 aliphatic heterocycles. The Morgan fingerprint density at radius 1 is 1.48 bits per heavy atom. The number of carbonyl (C=O) groups excluding carboxylic acids is 1. The average Bonchev–Trinajstić information content (AvgIpc) is 2.53. The van der Waals surface area contributed by atoms with Crippen LogP contribution in [0.25, 0.3) is 0 Å². The Labute approximate surface area is 137 Å². The van der Waals surface area contributed by atoms with Crippen LogP contribution in [-0.4, -0.2) is 41.8 Å². The summed E-state index contributed by atoms with van der Waals surface area (Å²) in [6.07, 6.45) is 1.45. The summed E-state index contributed by atoms with van der Waals surface area (Å²) in [5.41, 5.74) is 0.112. The van der Waals surface area contributed by atoms with Crippen molar-refractivity contribution in [1.82, 2.24) is 10.2 Å². The number of hydrogen-bond donors (Lipinski definition) is 2. The number of carbonyl (C=O) groups is 1. The topological polar surface area (TPSA) is 52.6 Å². The van der Waals surface area contributed by atoms with Crippen LogP contribution in [-0.2, 0) is 5.41 Å². The maximum atomic E-state index is 14.0. The van der Waals surface area contributed by atoms with Gasteiger partial charge in [-0.25, -0.2) is 9.18 Å². The molecule has 0 saturated carbocycles. The zero-order chi connectivity index (χ0) is 17.0. The van der Waals surface area contributed by atoms with Gasteiger partial charge in [-0.3, -0.25) is 0 Å². The largest absolute Gasteiger partial charge is 0.393 e. The van der Waals surface area contributed by atoms with Crippen LogP contribution in [0.2, 0.25) is 0 Å². The number of aliphatic hydroxyl groups excluding tert-OH is 1. The Morgan fingerprint density at radius 2 is 2.17 bits per heavy atom. The summed E-state index contributed by atoms with van der Waals surface area (Å²) in [5.74, 6) is -0.118. The first kappa shape index (κ1) is 17.7. The summed E-state index contributed by atoms with van der Waals surface area (Å²) in [5, 5.41) is 12.6. The normalized spacial score (nSPS) is 20.2. The molecule has 2 amide bonds. The number of benzene rings is 1. The molecule has 0 spiro atoms. The Balaban J connectivity index is 1.94. The van der Waals surface area contributed by atoms with Gasteiger partial charge in [0, 0.05) is 31.0 Å². The lowest BCUT2D eigenvalue weighted by Gasteiger charge is -2.35. The van der Waals surface area contributed by atoms with Gasteiger partial charge < -0.3 is 15.3 Å². The lowest BCUT2D eigenvalue weighted by Crippen LogP contribution is -2.49. The van der Waals surface area contributed by atoms with Gasteiger partial charge in [0.25, 0.3) is 0 Å². The number of halogens is 1. The summed E-state index contributed by atoms with van der Waals surface area (Å²) < 4.78 is 14.0. The van der Waals surface area contributed by atoms with Crippen molar-refractivity contribution >= 4 is 6.03 Å². The van der Waals surface area contributed by atoms with Gasteiger partial charge in [-0.1, -0.05) is 32.0 Å². The molecule has 4 nitrogen and oxygen atoms in total. The van der Waals surface area contributed by atoms with Crippen molar-refractivity contribution in [2.75, 3.05) is 19.6 Å². The van der Waals surface area contributed by atoms with E-state index in [9.17, 15) is 14.3 Å². The summed E-state index contributed by atoms with van der Waals surface area (Å²) in [6.45, 7) is 7.25. The monoisotopic (exact) mass is 322 g/mol. The van der Waals surface area contributed by atoms with E-state index < -0.39 is 11.5 Å². The van der Waals surface area contributed by atoms with E-state index in [4.69, 9.17) is 0 Å². The zero-order valence-corrected chi connectivity index (χ0v) is 14.2. The van der Waals surface area contributed by atoms with Crippen LogP contribution in [0.15, 0.2) is 24.3 Å². The predicted octanol–water partition coefficient (Wildman–Crippen LogP) is 2.91. The number of urea groups is 1. The smallest absolute Gasteiger partial charge is 0.317 e. The van der Waals surface area contributed by atoms with Crippen LogP contribution in [0.5, 0.6) is 0 Å². The fourth-order valence-electron chi connectivity index (χ4n) is 3.10. The fraction of sp³-hybridized carbons (Fsp3) is 0.611. The van der Waals surface area contributed by atoms with E-state index in [0.717, 1.165) is 12.8 Å². The van der Waals surface area contributed by atoms with Crippen molar-refractivity contribution in [3.63, 3.8) is 0 Å². The molecular weight excluding hydrogens is 295 g/mol. The van der Waals surface area contributed by atoms with E-state index in [1.807, 2.05) is 13.8 Å². The van der Waals surface area contributed by atoms with Crippen molar-refractivity contribution < 1.29 is 14.3 Å². The minimum Gasteiger partial charge on any atom is -0.393 e. The van der Waals surface area contributed by atoms with Gasteiger partial charge in [0.2, 0.25) is 0 Å². The number of piperidine rings is 1. The number of nitrogens with zero attached hydrogens (tertiary/aromatic N) is 1. The third-order valence-corrected chi connectivity index (χ3v) is 4.71. The van der Waals surface area contributed by atoms with Crippen LogP contribution in [0.1, 0.15) is 39.2 Å². The van der Waals surface area contributed by atoms with Crippen LogP contribution in [0.4, 0.5) is 9.18 Å². The van der Waals surface area contributed by atoms with Crippen molar-refractivity contribution in [3.8, 4) is 0 Å². The summed E-state index contributed by atoms with van der Waals surface area (Å²) in [7, 11) is 0. The molecule has 0 radical (unpaired) electrons. The molecule has 1 heterocycles. The molecule has 0 bridgehead atoms. The second kappa shape index (κ2) is 7.30. The van der Waals surface area contributed by atoms with Crippen LogP contribution in [0, 0.1) is 11.7 Å². The Kier molecular flexibility index (Phi) is 5.63. The van der Waals surface area contributed by atoms with Crippen LogP contribution < -0.4 is 5.32 Å². The maximum absolute atomic E-state index is 14.0. The summed E-state index contributed by atoms with van der Waals surface area (Å²) >= 11 is 0. The number of likely N-dealkylation sites (tertiary alicyclic amines) is 1. The molecule has 1 aromatic rings. The van der Waals surface area contributed by atoms with Gasteiger partial charge >= 0.3 is 6.03 Å². The van der Waals surface area contributed by atoms with E-state index in [1.165, 1.54) is 6.07 Å². The van der Waals surface area contributed by atoms with Gasteiger partial charge in [0.05, 0.1) is 6.10 Å². The van der Waals surface area contributed by atoms with Crippen molar-refractivity contribution in [1.29, 1.82) is 0 Å². The number of aliphatic hydroxyl groups is 1. The SMILES string of the molecule is CC(O)C1CCCN(C(=O)NCC(C)(C)c2ccccc2F)C1. The minimum absolute atomic E-state index is 0.133. The highest BCUT2D eigenvalue weighted by Crippen LogP contribution is 2.25. The molecule has 128 valence electrons. The van der Waals surface area contributed by atoms with Crippen molar-refractivity contribution in [2.45, 2.75) is 45.1 Å². The molecule has 23 heavy (non-hydrogen) atoms. The van der Waals surface area contributed by atoms with Gasteiger partial charge in [-0.15, -0.1) is 0 Å². The standard InChI is InChI=1S/C18H27FN2O2/c1-13(22)14-7-6-10-21(11-14)17(23)20-12-18(2,3)15-8-4-5-9-16(15)19/h4-5,8-9,13-14,22H,6-7,10-12H2,1-3H3,(H,20,23). The number of hydrogen-bond acceptors (Lipinski definition) is 2. The van der Waals surface area contributed by atoms with Crippen molar-refractivity contribution in [2.24, 2.45) is 5.92 Å². The Hall–Kier alpha value is -1.62. The first-order chi connectivity index (χ1) is 10.8. The molecule has 0 aromatic heterocycles. The summed E-state index contributed by atoms with van der Waals surface area (Å²) in [6, 6.07) is 6.53. The van der Waals surface area contributed by atoms with Gasteiger partial charge in [0.15, 0.2) is 0 Å². The highest BCUT2D eigenvalue weighted by atomic mass is 19.1. The lowest BCUT2D eigenvalue weighted by atomic mass is 9.84. The maximum Gasteiger partial charge on any atom is 0.317 e. The van der Waals surface area contributed by atoms with E-state index in [0.29, 0.717) is 25.2 Å². The van der Waals surface area contributed by atoms with Crippen LogP contribution >= 0.6 is 0 Å². The first-order valence-electron chi connectivity index (χ1n) is 8.27. The van der Waals surface area contributed by atoms with E-state index >= 15 is 0 Å². The molecule has 1 fully saturated rings. The molecule has 1 aliphatic rings. The second-order valence-electron chi connectivity index (χ2n) is 7.11. The molecule has 2 rings (SSSR count). The fourth-order valence-corrected chi connectivity index (χ4v) is 3.10. The second-order valence-corrected chi connectivity index (χ2v) is 7.11. The van der Waals surface area contributed by atoms with Crippen molar-refractivity contribution in [3.05, 3.63) is 35.6 Å². The van der Waals surface area contributed by atoms with E-state index in [1.54, 1.807) is 30.0 Å². The quantitative estimate of drug-likeness (QED) is 0.895. The highest BCUT2D eigenvalue weighted by molar-refractivity contribution is 5.74. The molecule has 1 saturated heterocycles. The molecule has 1 aromatic carbocycles. The van der Waals surface area contributed by atoms with Gasteiger partial charge in [-0.05, 0) is 31.4 Å². The Bertz CT molecular complexity index is 546. The number of rotatable bonds is 4. The number of amides is 2. The van der Waals surface area contributed by atoms with E-state index in [-0.39, 0.29) is 17.8 Å². The van der Waals surface area contributed by atoms with Gasteiger partial charge in [-0.2, -0.15) is 0 Å². The minimum atomic E-state index is -0.486. The third kappa shape index (κ3) is 4.44. The molecule has 0 aliphatic carbocycles. The first-order valence-corrected chi connectivity index (χ1v) is 8.27. The van der Waals surface area contributed by atoms with Crippen LogP contribution in [0.3, 0.4) is 0 Å². The highest BCUT2D eigenvalue weighted by Gasteiger charge is 2.29. The number of nitrogens with one attached hydrogen (secondary N) is 1. The molecular formula is C18H27FN2O2.